The van der Waals surface area contributed by atoms with Gasteiger partial charge in [-0.1, -0.05) is 52.7 Å². The number of benzene rings is 2. The van der Waals surface area contributed by atoms with Gasteiger partial charge in [-0.3, -0.25) is 0 Å². The molecule has 0 fully saturated rings. The summed E-state index contributed by atoms with van der Waals surface area (Å²) in [4.78, 5) is 0. The summed E-state index contributed by atoms with van der Waals surface area (Å²) in [5, 5.41) is 3.88. The minimum Gasteiger partial charge on any atom is -0.310 e. The van der Waals surface area contributed by atoms with Gasteiger partial charge in [0.1, 0.15) is 5.82 Å². The Morgan fingerprint density at radius 2 is 2.05 bits per heavy atom. The second-order valence-electron chi connectivity index (χ2n) is 5.02. The van der Waals surface area contributed by atoms with Gasteiger partial charge in [0.25, 0.3) is 0 Å². The zero-order chi connectivity index (χ0) is 15.4. The third-order valence-corrected chi connectivity index (χ3v) is 4.73. The molecule has 0 heterocycles. The van der Waals surface area contributed by atoms with E-state index in [-0.39, 0.29) is 11.9 Å². The lowest BCUT2D eigenvalue weighted by Gasteiger charge is -2.20. The van der Waals surface area contributed by atoms with Crippen molar-refractivity contribution in [1.29, 1.82) is 0 Å². The lowest BCUT2D eigenvalue weighted by Crippen LogP contribution is -2.23. The van der Waals surface area contributed by atoms with Crippen LogP contribution in [0.5, 0.6) is 0 Å². The van der Waals surface area contributed by atoms with E-state index in [1.54, 1.807) is 12.1 Å². The van der Waals surface area contributed by atoms with Crippen LogP contribution in [0.15, 0.2) is 40.9 Å². The van der Waals surface area contributed by atoms with Gasteiger partial charge >= 0.3 is 0 Å². The first-order chi connectivity index (χ1) is 10.0. The van der Waals surface area contributed by atoms with Crippen LogP contribution in [0.1, 0.15) is 29.7 Å². The third-order valence-electron chi connectivity index (χ3n) is 3.52. The Kier molecular flexibility index (Phi) is 5.80. The largest absolute Gasteiger partial charge is 0.310 e. The van der Waals surface area contributed by atoms with E-state index >= 15 is 0 Å². The van der Waals surface area contributed by atoms with Crippen LogP contribution in [0.2, 0.25) is 5.02 Å². The van der Waals surface area contributed by atoms with Crippen molar-refractivity contribution in [3.8, 4) is 0 Å². The van der Waals surface area contributed by atoms with Gasteiger partial charge in [-0.25, -0.2) is 4.39 Å². The molecule has 0 aromatic heterocycles. The molecule has 2 rings (SSSR count). The van der Waals surface area contributed by atoms with Crippen LogP contribution in [0.4, 0.5) is 4.39 Å². The molecular formula is C17H18BrClFN. The number of halogens is 3. The van der Waals surface area contributed by atoms with Crippen LogP contribution >= 0.6 is 27.5 Å². The van der Waals surface area contributed by atoms with Gasteiger partial charge in [-0.05, 0) is 49.2 Å². The summed E-state index contributed by atoms with van der Waals surface area (Å²) < 4.78 is 15.0. The summed E-state index contributed by atoms with van der Waals surface area (Å²) >= 11 is 9.69. The summed E-state index contributed by atoms with van der Waals surface area (Å²) in [6.45, 7) is 4.89. The average molecular weight is 371 g/mol. The minimum absolute atomic E-state index is 0.0290. The number of aryl methyl sites for hydroxylation is 1. The Morgan fingerprint density at radius 3 is 2.67 bits per heavy atom. The number of rotatable bonds is 5. The third kappa shape index (κ3) is 4.06. The molecule has 0 radical (unpaired) electrons. The summed E-state index contributed by atoms with van der Waals surface area (Å²) in [5.74, 6) is -0.253. The Bertz CT molecular complexity index is 610. The monoisotopic (exact) mass is 369 g/mol. The van der Waals surface area contributed by atoms with Gasteiger partial charge in [0.05, 0.1) is 0 Å². The maximum Gasteiger partial charge on any atom is 0.127 e. The van der Waals surface area contributed by atoms with Crippen molar-refractivity contribution in [2.75, 3.05) is 6.54 Å². The fourth-order valence-electron chi connectivity index (χ4n) is 2.31. The van der Waals surface area contributed by atoms with Gasteiger partial charge in [-0.2, -0.15) is 0 Å². The highest BCUT2D eigenvalue weighted by Crippen LogP contribution is 2.28. The fourth-order valence-corrected chi connectivity index (χ4v) is 2.95. The number of hydrogen-bond donors (Lipinski definition) is 1. The highest BCUT2D eigenvalue weighted by atomic mass is 79.9. The van der Waals surface area contributed by atoms with E-state index in [9.17, 15) is 4.39 Å². The lowest BCUT2D eigenvalue weighted by molar-refractivity contribution is 0.528. The van der Waals surface area contributed by atoms with Crippen molar-refractivity contribution in [3.05, 3.63) is 68.4 Å². The molecule has 1 nitrogen and oxygen atoms in total. The van der Waals surface area contributed by atoms with Crippen molar-refractivity contribution in [3.63, 3.8) is 0 Å². The molecule has 2 aromatic rings. The van der Waals surface area contributed by atoms with E-state index in [1.807, 2.05) is 13.8 Å². The molecule has 0 aliphatic heterocycles. The molecule has 0 amide bonds. The van der Waals surface area contributed by atoms with Crippen molar-refractivity contribution in [1.82, 2.24) is 5.32 Å². The first-order valence-corrected chi connectivity index (χ1v) is 8.12. The van der Waals surface area contributed by atoms with E-state index in [0.717, 1.165) is 16.6 Å². The van der Waals surface area contributed by atoms with Crippen LogP contribution in [0, 0.1) is 12.7 Å². The van der Waals surface area contributed by atoms with Gasteiger partial charge in [0.15, 0.2) is 0 Å². The zero-order valence-corrected chi connectivity index (χ0v) is 14.4. The minimum atomic E-state index is -0.253. The quantitative estimate of drug-likeness (QED) is 0.738. The molecular weight excluding hydrogens is 353 g/mol. The zero-order valence-electron chi connectivity index (χ0n) is 12.1. The smallest absolute Gasteiger partial charge is 0.127 e. The van der Waals surface area contributed by atoms with Gasteiger partial charge < -0.3 is 5.32 Å². The van der Waals surface area contributed by atoms with Crippen LogP contribution < -0.4 is 5.32 Å². The predicted molar refractivity (Wildman–Crippen MR) is 90.4 cm³/mol. The summed E-state index contributed by atoms with van der Waals surface area (Å²) in [5.41, 5.74) is 2.85. The summed E-state index contributed by atoms with van der Waals surface area (Å²) in [6, 6.07) is 11.1. The normalized spacial score (nSPS) is 12.4. The van der Waals surface area contributed by atoms with E-state index in [1.165, 1.54) is 11.6 Å². The van der Waals surface area contributed by atoms with E-state index < -0.39 is 0 Å². The second kappa shape index (κ2) is 7.39. The molecule has 0 saturated carbocycles. The van der Waals surface area contributed by atoms with Gasteiger partial charge in [0.2, 0.25) is 0 Å². The van der Waals surface area contributed by atoms with Crippen molar-refractivity contribution < 1.29 is 4.39 Å². The Hall–Kier alpha value is -0.900. The molecule has 0 bridgehead atoms. The Labute approximate surface area is 138 Å². The highest BCUT2D eigenvalue weighted by molar-refractivity contribution is 9.10. The number of likely N-dealkylation sites (N-methyl/N-ethyl adjacent to an activating group) is 1. The first-order valence-electron chi connectivity index (χ1n) is 6.95. The summed E-state index contributed by atoms with van der Waals surface area (Å²) in [7, 11) is 0. The molecule has 112 valence electrons. The Balaban J connectivity index is 2.33. The fraction of sp³-hybridized carbons (Fsp3) is 0.294. The SMILES string of the molecule is CCNC(Cc1c(F)cccc1Cl)c1ccc(C)c(Br)c1. The van der Waals surface area contributed by atoms with Crippen molar-refractivity contribution in [2.45, 2.75) is 26.3 Å². The molecule has 1 atom stereocenters. The average Bonchev–Trinajstić information content (AvgIpc) is 2.45. The van der Waals surface area contributed by atoms with Crippen molar-refractivity contribution >= 4 is 27.5 Å². The molecule has 1 unspecified atom stereocenters. The topological polar surface area (TPSA) is 12.0 Å². The second-order valence-corrected chi connectivity index (χ2v) is 6.28. The van der Waals surface area contributed by atoms with E-state index in [0.29, 0.717) is 17.0 Å². The van der Waals surface area contributed by atoms with E-state index in [2.05, 4.69) is 39.4 Å². The van der Waals surface area contributed by atoms with Crippen LogP contribution in [-0.2, 0) is 6.42 Å². The molecule has 0 aliphatic carbocycles. The molecule has 4 heteroatoms. The summed E-state index contributed by atoms with van der Waals surface area (Å²) in [6.07, 6.45) is 0.523. The van der Waals surface area contributed by atoms with E-state index in [4.69, 9.17) is 11.6 Å². The maximum absolute atomic E-state index is 14.0. The molecule has 21 heavy (non-hydrogen) atoms. The lowest BCUT2D eigenvalue weighted by atomic mass is 9.97. The van der Waals surface area contributed by atoms with Crippen LogP contribution in [0.3, 0.4) is 0 Å². The van der Waals surface area contributed by atoms with Gasteiger partial charge in [0, 0.05) is 21.1 Å². The predicted octanol–water partition coefficient (Wildman–Crippen LogP) is 5.44. The first kappa shape index (κ1) is 16.5. The molecule has 2 aromatic carbocycles. The van der Waals surface area contributed by atoms with Crippen LogP contribution in [-0.4, -0.2) is 6.54 Å². The molecule has 0 aliphatic rings. The molecule has 0 spiro atoms. The Morgan fingerprint density at radius 1 is 1.29 bits per heavy atom. The van der Waals surface area contributed by atoms with Crippen molar-refractivity contribution in [2.24, 2.45) is 0 Å². The highest BCUT2D eigenvalue weighted by Gasteiger charge is 2.16. The van der Waals surface area contributed by atoms with Gasteiger partial charge in [-0.15, -0.1) is 0 Å². The molecule has 1 N–H and O–H groups in total. The maximum atomic E-state index is 14.0. The number of hydrogen-bond acceptors (Lipinski definition) is 1. The van der Waals surface area contributed by atoms with Crippen LogP contribution in [0.25, 0.3) is 0 Å². The molecule has 0 saturated heterocycles. The standard InChI is InChI=1S/C17H18BrClFN/c1-3-21-17(12-8-7-11(2)14(18)9-12)10-13-15(19)5-4-6-16(13)20/h4-9,17,21H,3,10H2,1-2H3. The number of nitrogens with one attached hydrogen (secondary N) is 1.